The summed E-state index contributed by atoms with van der Waals surface area (Å²) >= 11 is 0. The van der Waals surface area contributed by atoms with E-state index in [0.717, 1.165) is 18.5 Å². The first-order valence-corrected chi connectivity index (χ1v) is 8.84. The smallest absolute Gasteiger partial charge is 0.253 e. The van der Waals surface area contributed by atoms with E-state index in [4.69, 9.17) is 0 Å². The second-order valence-corrected chi connectivity index (χ2v) is 6.75. The van der Waals surface area contributed by atoms with E-state index >= 15 is 0 Å². The number of amides is 1. The van der Waals surface area contributed by atoms with Gasteiger partial charge in [-0.05, 0) is 31.7 Å². The molecule has 2 aliphatic carbocycles. The number of hydrogen-bond donors (Lipinski definition) is 2. The van der Waals surface area contributed by atoms with E-state index in [0.29, 0.717) is 17.6 Å². The number of hydrogen-bond acceptors (Lipinski definition) is 3. The van der Waals surface area contributed by atoms with Crippen LogP contribution in [0.3, 0.4) is 0 Å². The van der Waals surface area contributed by atoms with Gasteiger partial charge in [0, 0.05) is 24.5 Å². The summed E-state index contributed by atoms with van der Waals surface area (Å²) in [6.07, 6.45) is 15.9. The topological polar surface area (TPSA) is 54.0 Å². The Bertz CT molecular complexity index is 491. The number of rotatable bonds is 4. The maximum atomic E-state index is 12.4. The van der Waals surface area contributed by atoms with Crippen molar-refractivity contribution < 1.29 is 4.79 Å². The second kappa shape index (κ2) is 7.61. The maximum Gasteiger partial charge on any atom is 0.253 e. The van der Waals surface area contributed by atoms with Crippen LogP contribution in [-0.4, -0.2) is 23.0 Å². The highest BCUT2D eigenvalue weighted by Gasteiger charge is 2.18. The Morgan fingerprint density at radius 1 is 0.909 bits per heavy atom. The molecular weight excluding hydrogens is 274 g/mol. The van der Waals surface area contributed by atoms with E-state index in [9.17, 15) is 4.79 Å². The van der Waals surface area contributed by atoms with Crippen LogP contribution in [0.4, 0.5) is 5.69 Å². The number of carbonyl (C=O) groups is 1. The van der Waals surface area contributed by atoms with E-state index in [2.05, 4.69) is 15.6 Å². The first-order chi connectivity index (χ1) is 10.8. The van der Waals surface area contributed by atoms with Gasteiger partial charge in [0.2, 0.25) is 0 Å². The molecule has 4 heteroatoms. The van der Waals surface area contributed by atoms with Crippen LogP contribution in [0.2, 0.25) is 0 Å². The van der Waals surface area contributed by atoms with Crippen molar-refractivity contribution in [2.24, 2.45) is 0 Å². The summed E-state index contributed by atoms with van der Waals surface area (Å²) in [5, 5.41) is 6.70. The van der Waals surface area contributed by atoms with E-state index in [1.807, 2.05) is 12.3 Å². The Kier molecular flexibility index (Phi) is 5.30. The fourth-order valence-corrected chi connectivity index (χ4v) is 3.64. The van der Waals surface area contributed by atoms with Gasteiger partial charge in [0.1, 0.15) is 0 Å². The van der Waals surface area contributed by atoms with Crippen molar-refractivity contribution in [3.63, 3.8) is 0 Å². The van der Waals surface area contributed by atoms with Gasteiger partial charge in [-0.3, -0.25) is 9.78 Å². The van der Waals surface area contributed by atoms with Gasteiger partial charge < -0.3 is 10.6 Å². The minimum Gasteiger partial charge on any atom is -0.381 e. The third-order valence-electron chi connectivity index (χ3n) is 4.92. The first-order valence-electron chi connectivity index (χ1n) is 8.84. The van der Waals surface area contributed by atoms with Gasteiger partial charge in [-0.15, -0.1) is 0 Å². The number of anilines is 1. The molecule has 0 aromatic carbocycles. The highest BCUT2D eigenvalue weighted by molar-refractivity contribution is 5.94. The molecule has 1 aromatic heterocycles. The molecule has 0 aliphatic heterocycles. The summed E-state index contributed by atoms with van der Waals surface area (Å²) < 4.78 is 0. The zero-order chi connectivity index (χ0) is 15.2. The number of nitrogens with zero attached hydrogens (tertiary/aromatic N) is 1. The lowest BCUT2D eigenvalue weighted by Gasteiger charge is -2.24. The average molecular weight is 301 g/mol. The largest absolute Gasteiger partial charge is 0.381 e. The zero-order valence-corrected chi connectivity index (χ0v) is 13.3. The van der Waals surface area contributed by atoms with Crippen LogP contribution < -0.4 is 10.6 Å². The molecule has 120 valence electrons. The Morgan fingerprint density at radius 2 is 1.55 bits per heavy atom. The van der Waals surface area contributed by atoms with Gasteiger partial charge in [0.15, 0.2) is 0 Å². The predicted molar refractivity (Wildman–Crippen MR) is 89.1 cm³/mol. The van der Waals surface area contributed by atoms with Gasteiger partial charge in [0.05, 0.1) is 11.3 Å². The number of pyridine rings is 1. The summed E-state index contributed by atoms with van der Waals surface area (Å²) in [5.41, 5.74) is 1.65. The van der Waals surface area contributed by atoms with Gasteiger partial charge in [-0.25, -0.2) is 0 Å². The molecule has 0 unspecified atom stereocenters. The molecule has 1 amide bonds. The molecule has 0 atom stereocenters. The van der Waals surface area contributed by atoms with E-state index in [-0.39, 0.29) is 5.91 Å². The normalized spacial score (nSPS) is 20.5. The molecule has 0 saturated heterocycles. The molecular formula is C18H27N3O. The Balaban J connectivity index is 1.58. The summed E-state index contributed by atoms with van der Waals surface area (Å²) in [6, 6.07) is 2.82. The summed E-state index contributed by atoms with van der Waals surface area (Å²) in [4.78, 5) is 16.6. The molecule has 4 nitrogen and oxygen atoms in total. The SMILES string of the molecule is O=C(NC1CCCCC1)c1cncc(NC2CCCCC2)c1. The summed E-state index contributed by atoms with van der Waals surface area (Å²) in [5.74, 6) is 0.0201. The van der Waals surface area contributed by atoms with Crippen molar-refractivity contribution in [2.45, 2.75) is 76.3 Å². The Labute approximate surface area is 133 Å². The molecule has 2 fully saturated rings. The minimum atomic E-state index is 0.0201. The molecule has 22 heavy (non-hydrogen) atoms. The predicted octanol–water partition coefficient (Wildman–Crippen LogP) is 3.89. The van der Waals surface area contributed by atoms with Gasteiger partial charge in [-0.2, -0.15) is 0 Å². The van der Waals surface area contributed by atoms with Crippen LogP contribution in [0.1, 0.15) is 74.6 Å². The quantitative estimate of drug-likeness (QED) is 0.887. The van der Waals surface area contributed by atoms with Crippen LogP contribution in [0.15, 0.2) is 18.5 Å². The van der Waals surface area contributed by atoms with Crippen molar-refractivity contribution in [3.8, 4) is 0 Å². The molecule has 1 heterocycles. The van der Waals surface area contributed by atoms with Crippen molar-refractivity contribution in [1.29, 1.82) is 0 Å². The van der Waals surface area contributed by atoms with E-state index in [1.165, 1.54) is 51.4 Å². The standard InChI is InChI=1S/C18H27N3O/c22-18(21-16-9-5-2-6-10-16)14-11-17(13-19-12-14)20-15-7-3-1-4-8-15/h11-13,15-16,20H,1-10H2,(H,21,22). The molecule has 2 saturated carbocycles. The molecule has 0 bridgehead atoms. The molecule has 0 spiro atoms. The van der Waals surface area contributed by atoms with Crippen LogP contribution in [0, 0.1) is 0 Å². The lowest BCUT2D eigenvalue weighted by Crippen LogP contribution is -2.36. The van der Waals surface area contributed by atoms with Crippen LogP contribution in [0.25, 0.3) is 0 Å². The lowest BCUT2D eigenvalue weighted by atomic mass is 9.95. The zero-order valence-electron chi connectivity index (χ0n) is 13.3. The number of aromatic nitrogens is 1. The van der Waals surface area contributed by atoms with Crippen LogP contribution >= 0.6 is 0 Å². The molecule has 2 aliphatic rings. The molecule has 3 rings (SSSR count). The third-order valence-corrected chi connectivity index (χ3v) is 4.92. The van der Waals surface area contributed by atoms with E-state index in [1.54, 1.807) is 6.20 Å². The minimum absolute atomic E-state index is 0.0201. The molecule has 2 N–H and O–H groups in total. The van der Waals surface area contributed by atoms with Crippen molar-refractivity contribution in [3.05, 3.63) is 24.0 Å². The number of carbonyl (C=O) groups excluding carboxylic acids is 1. The average Bonchev–Trinajstić information content (AvgIpc) is 2.57. The Morgan fingerprint density at radius 3 is 2.23 bits per heavy atom. The fourth-order valence-electron chi connectivity index (χ4n) is 3.64. The van der Waals surface area contributed by atoms with Gasteiger partial charge in [-0.1, -0.05) is 38.5 Å². The van der Waals surface area contributed by atoms with Crippen molar-refractivity contribution in [2.75, 3.05) is 5.32 Å². The molecule has 1 aromatic rings. The number of nitrogens with one attached hydrogen (secondary N) is 2. The highest BCUT2D eigenvalue weighted by Crippen LogP contribution is 2.22. The Hall–Kier alpha value is -1.58. The van der Waals surface area contributed by atoms with E-state index < -0.39 is 0 Å². The third kappa shape index (κ3) is 4.21. The first kappa shape index (κ1) is 15.3. The van der Waals surface area contributed by atoms with Crippen LogP contribution in [0.5, 0.6) is 0 Å². The molecule has 0 radical (unpaired) electrons. The maximum absolute atomic E-state index is 12.4. The fraction of sp³-hybridized carbons (Fsp3) is 0.667. The van der Waals surface area contributed by atoms with Crippen molar-refractivity contribution >= 4 is 11.6 Å². The summed E-state index contributed by atoms with van der Waals surface area (Å²) in [7, 11) is 0. The van der Waals surface area contributed by atoms with Gasteiger partial charge in [0.25, 0.3) is 5.91 Å². The summed E-state index contributed by atoms with van der Waals surface area (Å²) in [6.45, 7) is 0. The van der Waals surface area contributed by atoms with Crippen LogP contribution in [-0.2, 0) is 0 Å². The highest BCUT2D eigenvalue weighted by atomic mass is 16.1. The monoisotopic (exact) mass is 301 g/mol. The van der Waals surface area contributed by atoms with Crippen molar-refractivity contribution in [1.82, 2.24) is 10.3 Å². The lowest BCUT2D eigenvalue weighted by molar-refractivity contribution is 0.0927. The second-order valence-electron chi connectivity index (χ2n) is 6.75. The van der Waals surface area contributed by atoms with Gasteiger partial charge >= 0.3 is 0 Å².